The number of hydrogen-bond donors (Lipinski definition) is 1. The molecule has 6 atom stereocenters. The molecule has 0 radical (unpaired) electrons. The monoisotopic (exact) mass is 298 g/mol. The maximum Gasteiger partial charge on any atom is 0.226 e. The van der Waals surface area contributed by atoms with Crippen LogP contribution in [0.5, 0.6) is 0 Å². The smallest absolute Gasteiger partial charge is 0.226 e. The molecule has 1 heterocycles. The molecule has 1 amide bonds. The van der Waals surface area contributed by atoms with Crippen LogP contribution >= 0.6 is 12.4 Å². The Hall–Kier alpha value is -0.280. The highest BCUT2D eigenvalue weighted by atomic mass is 35.5. The van der Waals surface area contributed by atoms with Gasteiger partial charge in [0.25, 0.3) is 0 Å². The van der Waals surface area contributed by atoms with Crippen molar-refractivity contribution < 1.29 is 4.79 Å². The molecule has 1 aliphatic heterocycles. The van der Waals surface area contributed by atoms with Crippen molar-refractivity contribution in [2.75, 3.05) is 13.1 Å². The Balaban J connectivity index is 0.00000121. The Bertz CT molecular complexity index is 384. The first-order chi connectivity index (χ1) is 9.16. The first-order valence-corrected chi connectivity index (χ1v) is 8.21. The summed E-state index contributed by atoms with van der Waals surface area (Å²) in [5.74, 6) is 4.78. The fourth-order valence-electron chi connectivity index (χ4n) is 5.51. The zero-order valence-corrected chi connectivity index (χ0v) is 13.1. The molecule has 3 saturated carbocycles. The summed E-state index contributed by atoms with van der Waals surface area (Å²) in [4.78, 5) is 14.9. The molecule has 4 heteroatoms. The highest BCUT2D eigenvalue weighted by molar-refractivity contribution is 5.85. The van der Waals surface area contributed by atoms with E-state index in [1.165, 1.54) is 25.7 Å². The molecule has 4 fully saturated rings. The molecule has 0 aromatic carbocycles. The number of rotatable bonds is 2. The number of hydrogen-bond acceptors (Lipinski definition) is 2. The van der Waals surface area contributed by atoms with E-state index >= 15 is 0 Å². The van der Waals surface area contributed by atoms with Gasteiger partial charge in [0, 0.05) is 25.0 Å². The molecular formula is C16H27ClN2O. The number of nitrogens with zero attached hydrogens (tertiary/aromatic N) is 1. The average Bonchev–Trinajstić information content (AvgIpc) is 2.85. The minimum atomic E-state index is 0. The van der Waals surface area contributed by atoms with Gasteiger partial charge in [-0.25, -0.2) is 0 Å². The van der Waals surface area contributed by atoms with Crippen LogP contribution in [-0.2, 0) is 4.79 Å². The Morgan fingerprint density at radius 2 is 1.85 bits per heavy atom. The number of fused-ring (bicyclic) bond motifs is 5. The second-order valence-electron chi connectivity index (χ2n) is 7.56. The minimum absolute atomic E-state index is 0. The summed E-state index contributed by atoms with van der Waals surface area (Å²) in [5.41, 5.74) is 6.03. The minimum Gasteiger partial charge on any atom is -0.342 e. The van der Waals surface area contributed by atoms with E-state index in [1.54, 1.807) is 0 Å². The van der Waals surface area contributed by atoms with Gasteiger partial charge < -0.3 is 10.6 Å². The third-order valence-corrected chi connectivity index (χ3v) is 6.53. The lowest BCUT2D eigenvalue weighted by atomic mass is 9.91. The molecule has 2 bridgehead atoms. The molecular weight excluding hydrogens is 272 g/mol. The van der Waals surface area contributed by atoms with Crippen molar-refractivity contribution in [3.8, 4) is 0 Å². The van der Waals surface area contributed by atoms with Crippen LogP contribution in [0.1, 0.15) is 39.0 Å². The summed E-state index contributed by atoms with van der Waals surface area (Å²) in [5, 5.41) is 0. The summed E-state index contributed by atoms with van der Waals surface area (Å²) in [6, 6.07) is 0.227. The Kier molecular flexibility index (Phi) is 3.79. The topological polar surface area (TPSA) is 46.3 Å². The highest BCUT2D eigenvalue weighted by Crippen LogP contribution is 2.69. The van der Waals surface area contributed by atoms with E-state index in [1.807, 2.05) is 0 Å². The lowest BCUT2D eigenvalue weighted by Crippen LogP contribution is -2.46. The van der Waals surface area contributed by atoms with Gasteiger partial charge in [-0.05, 0) is 68.6 Å². The Morgan fingerprint density at radius 1 is 1.20 bits per heavy atom. The molecule has 114 valence electrons. The van der Waals surface area contributed by atoms with E-state index in [0.29, 0.717) is 17.7 Å². The normalized spacial score (nSPS) is 46.6. The van der Waals surface area contributed by atoms with Crippen LogP contribution in [-0.4, -0.2) is 29.9 Å². The maximum absolute atomic E-state index is 12.7. The van der Waals surface area contributed by atoms with Crippen LogP contribution in [0.25, 0.3) is 0 Å². The largest absolute Gasteiger partial charge is 0.342 e. The summed E-state index contributed by atoms with van der Waals surface area (Å²) in [6.07, 6.45) is 6.58. The predicted octanol–water partition coefficient (Wildman–Crippen LogP) is 2.29. The Morgan fingerprint density at radius 3 is 2.45 bits per heavy atom. The third-order valence-electron chi connectivity index (χ3n) is 6.53. The van der Waals surface area contributed by atoms with Crippen molar-refractivity contribution >= 4 is 18.3 Å². The van der Waals surface area contributed by atoms with Crippen LogP contribution in [0.2, 0.25) is 0 Å². The van der Waals surface area contributed by atoms with Crippen molar-refractivity contribution in [2.24, 2.45) is 41.2 Å². The second-order valence-corrected chi connectivity index (χ2v) is 7.56. The number of piperidine rings is 1. The molecule has 4 rings (SSSR count). The van der Waals surface area contributed by atoms with Crippen molar-refractivity contribution in [2.45, 2.75) is 45.1 Å². The molecule has 20 heavy (non-hydrogen) atoms. The van der Waals surface area contributed by atoms with E-state index in [-0.39, 0.29) is 18.4 Å². The molecule has 4 aliphatic rings. The van der Waals surface area contributed by atoms with Crippen LogP contribution in [0.15, 0.2) is 0 Å². The van der Waals surface area contributed by atoms with Gasteiger partial charge in [-0.15, -0.1) is 12.4 Å². The number of carbonyl (C=O) groups is 1. The van der Waals surface area contributed by atoms with Crippen molar-refractivity contribution in [3.05, 3.63) is 0 Å². The predicted molar refractivity (Wildman–Crippen MR) is 81.5 cm³/mol. The summed E-state index contributed by atoms with van der Waals surface area (Å²) < 4.78 is 0. The van der Waals surface area contributed by atoms with Gasteiger partial charge in [-0.2, -0.15) is 0 Å². The van der Waals surface area contributed by atoms with Gasteiger partial charge in [-0.1, -0.05) is 0 Å². The van der Waals surface area contributed by atoms with Crippen LogP contribution in [0.3, 0.4) is 0 Å². The number of carbonyl (C=O) groups excluding carboxylic acids is 1. The average molecular weight is 299 g/mol. The zero-order valence-electron chi connectivity index (χ0n) is 12.3. The molecule has 3 aliphatic carbocycles. The van der Waals surface area contributed by atoms with Crippen LogP contribution < -0.4 is 5.73 Å². The van der Waals surface area contributed by atoms with Crippen LogP contribution in [0.4, 0.5) is 0 Å². The summed E-state index contributed by atoms with van der Waals surface area (Å²) >= 11 is 0. The van der Waals surface area contributed by atoms with Crippen molar-refractivity contribution in [1.82, 2.24) is 4.90 Å². The first-order valence-electron chi connectivity index (χ1n) is 8.21. The van der Waals surface area contributed by atoms with Gasteiger partial charge in [0.2, 0.25) is 5.91 Å². The maximum atomic E-state index is 12.7. The number of amides is 1. The molecule has 2 N–H and O–H groups in total. The lowest BCUT2D eigenvalue weighted by Gasteiger charge is -2.35. The molecule has 0 aromatic heterocycles. The summed E-state index contributed by atoms with van der Waals surface area (Å²) in [7, 11) is 0. The third kappa shape index (κ3) is 2.09. The van der Waals surface area contributed by atoms with Gasteiger partial charge in [-0.3, -0.25) is 4.79 Å². The molecule has 3 nitrogen and oxygen atoms in total. The molecule has 0 aromatic rings. The van der Waals surface area contributed by atoms with E-state index in [2.05, 4.69) is 11.8 Å². The lowest BCUT2D eigenvalue weighted by molar-refractivity contribution is -0.135. The number of likely N-dealkylation sites (tertiary alicyclic amines) is 1. The van der Waals surface area contributed by atoms with Crippen molar-refractivity contribution in [1.29, 1.82) is 0 Å². The van der Waals surface area contributed by atoms with E-state index < -0.39 is 0 Å². The van der Waals surface area contributed by atoms with Gasteiger partial charge in [0.15, 0.2) is 0 Å². The Labute approximate surface area is 128 Å². The molecule has 6 unspecified atom stereocenters. The van der Waals surface area contributed by atoms with E-state index in [9.17, 15) is 4.79 Å². The fourth-order valence-corrected chi connectivity index (χ4v) is 5.51. The van der Waals surface area contributed by atoms with E-state index in [4.69, 9.17) is 5.73 Å². The second kappa shape index (κ2) is 5.17. The summed E-state index contributed by atoms with van der Waals surface area (Å²) in [6.45, 7) is 3.99. The van der Waals surface area contributed by atoms with E-state index in [0.717, 1.165) is 43.2 Å². The first kappa shape index (κ1) is 14.6. The van der Waals surface area contributed by atoms with Crippen LogP contribution in [0, 0.1) is 35.5 Å². The quantitative estimate of drug-likeness (QED) is 0.850. The number of halogens is 1. The molecule has 1 saturated heterocycles. The van der Waals surface area contributed by atoms with Gasteiger partial charge in [0.1, 0.15) is 0 Å². The van der Waals surface area contributed by atoms with Gasteiger partial charge >= 0.3 is 0 Å². The van der Waals surface area contributed by atoms with Crippen molar-refractivity contribution in [3.63, 3.8) is 0 Å². The van der Waals surface area contributed by atoms with Gasteiger partial charge in [0.05, 0.1) is 0 Å². The molecule has 0 spiro atoms. The standard InChI is InChI=1S/C16H26N2O.ClH/c1-9(17)12-3-2-6-18(8-12)16(19)15-13-10-4-5-11(7-10)14(13)15;/h9-15H,2-8,17H2,1H3;1H. The number of nitrogens with two attached hydrogens (primary N) is 1. The fraction of sp³-hybridized carbons (Fsp3) is 0.938. The highest BCUT2D eigenvalue weighted by Gasteiger charge is 2.68. The SMILES string of the molecule is CC(N)C1CCCN(C(=O)C2C3C4CCC(C4)C23)C1.Cl. The zero-order chi connectivity index (χ0) is 13.1.